The Labute approximate surface area is 147 Å². The third-order valence-corrected chi connectivity index (χ3v) is 4.44. The van der Waals surface area contributed by atoms with Crippen LogP contribution in [-0.2, 0) is 10.2 Å². The number of nitrogens with one attached hydrogen (secondary N) is 1. The van der Waals surface area contributed by atoms with Gasteiger partial charge in [0.15, 0.2) is 6.61 Å². The lowest BCUT2D eigenvalue weighted by molar-refractivity contribution is -0.123. The maximum Gasteiger partial charge on any atom is 0.257 e. The van der Waals surface area contributed by atoms with Gasteiger partial charge in [0, 0.05) is 12.0 Å². The van der Waals surface area contributed by atoms with Crippen molar-refractivity contribution in [2.75, 3.05) is 19.8 Å². The highest BCUT2D eigenvalue weighted by atomic mass is 19.1. The minimum absolute atomic E-state index is 0.0342. The van der Waals surface area contributed by atoms with Crippen LogP contribution in [-0.4, -0.2) is 25.7 Å². The lowest BCUT2D eigenvalue weighted by Crippen LogP contribution is -2.35. The van der Waals surface area contributed by atoms with Crippen LogP contribution in [0.3, 0.4) is 0 Å². The lowest BCUT2D eigenvalue weighted by atomic mass is 9.96. The summed E-state index contributed by atoms with van der Waals surface area (Å²) in [5.74, 6) is 0.988. The number of hydrogen-bond donors (Lipinski definition) is 1. The summed E-state index contributed by atoms with van der Waals surface area (Å²) in [5.41, 5.74) is 1.02. The molecule has 1 aliphatic carbocycles. The molecule has 0 unspecified atom stereocenters. The highest BCUT2D eigenvalue weighted by Crippen LogP contribution is 2.47. The fourth-order valence-corrected chi connectivity index (χ4v) is 2.79. The third-order valence-electron chi connectivity index (χ3n) is 4.44. The van der Waals surface area contributed by atoms with Gasteiger partial charge in [-0.2, -0.15) is 0 Å². The zero-order chi connectivity index (χ0) is 17.7. The van der Waals surface area contributed by atoms with E-state index in [0.717, 1.165) is 24.2 Å². The van der Waals surface area contributed by atoms with E-state index in [9.17, 15) is 9.18 Å². The Kier molecular flexibility index (Phi) is 5.22. The minimum atomic E-state index is -0.243. The van der Waals surface area contributed by atoms with E-state index in [2.05, 4.69) is 5.32 Å². The van der Waals surface area contributed by atoms with Crippen LogP contribution in [0.4, 0.5) is 4.39 Å². The summed E-state index contributed by atoms with van der Waals surface area (Å²) in [6, 6.07) is 13.7. The Morgan fingerprint density at radius 3 is 2.20 bits per heavy atom. The summed E-state index contributed by atoms with van der Waals surface area (Å²) in [6.07, 6.45) is 2.00. The van der Waals surface area contributed by atoms with Gasteiger partial charge >= 0.3 is 0 Å². The number of carbonyl (C=O) groups is 1. The van der Waals surface area contributed by atoms with E-state index in [1.807, 2.05) is 19.1 Å². The van der Waals surface area contributed by atoms with Crippen LogP contribution in [0.25, 0.3) is 0 Å². The Hall–Kier alpha value is -2.56. The highest BCUT2D eigenvalue weighted by Gasteiger charge is 2.44. The lowest BCUT2D eigenvalue weighted by Gasteiger charge is -2.17. The molecular formula is C20H22FNO3. The van der Waals surface area contributed by atoms with Gasteiger partial charge in [0.05, 0.1) is 6.61 Å². The van der Waals surface area contributed by atoms with E-state index in [0.29, 0.717) is 18.9 Å². The maximum absolute atomic E-state index is 13.0. The van der Waals surface area contributed by atoms with Crippen molar-refractivity contribution in [1.29, 1.82) is 0 Å². The summed E-state index contributed by atoms with van der Waals surface area (Å²) >= 11 is 0. The molecule has 0 aliphatic heterocycles. The van der Waals surface area contributed by atoms with Crippen LogP contribution in [0.1, 0.15) is 25.3 Å². The second-order valence-electron chi connectivity index (χ2n) is 6.26. The standard InChI is InChI=1S/C20H22FNO3/c1-2-24-17-7-9-18(10-8-17)25-13-19(23)22-14-20(11-12-20)15-3-5-16(21)6-4-15/h3-10H,2,11-14H2,1H3,(H,22,23). The number of benzene rings is 2. The largest absolute Gasteiger partial charge is 0.494 e. The van der Waals surface area contributed by atoms with Crippen LogP contribution in [0.2, 0.25) is 0 Å². The van der Waals surface area contributed by atoms with E-state index >= 15 is 0 Å². The Morgan fingerprint density at radius 1 is 1.04 bits per heavy atom. The first-order valence-electron chi connectivity index (χ1n) is 8.50. The molecule has 0 atom stereocenters. The average Bonchev–Trinajstić information content (AvgIpc) is 3.41. The van der Waals surface area contributed by atoms with Gasteiger partial charge in [0.1, 0.15) is 17.3 Å². The van der Waals surface area contributed by atoms with Crippen LogP contribution < -0.4 is 14.8 Å². The van der Waals surface area contributed by atoms with Gasteiger partial charge in [0.25, 0.3) is 5.91 Å². The molecule has 132 valence electrons. The molecule has 1 aliphatic rings. The Bertz CT molecular complexity index is 709. The predicted molar refractivity (Wildman–Crippen MR) is 93.4 cm³/mol. The number of carbonyl (C=O) groups excluding carboxylic acids is 1. The summed E-state index contributed by atoms with van der Waals surface area (Å²) in [5, 5.41) is 2.92. The van der Waals surface area contributed by atoms with Gasteiger partial charge in [-0.1, -0.05) is 12.1 Å². The highest BCUT2D eigenvalue weighted by molar-refractivity contribution is 5.77. The van der Waals surface area contributed by atoms with Crippen molar-refractivity contribution in [1.82, 2.24) is 5.32 Å². The van der Waals surface area contributed by atoms with Crippen molar-refractivity contribution in [3.05, 3.63) is 59.9 Å². The summed E-state index contributed by atoms with van der Waals surface area (Å²) in [6.45, 7) is 3.04. The third kappa shape index (κ3) is 4.50. The molecule has 4 nitrogen and oxygen atoms in total. The maximum atomic E-state index is 13.0. The summed E-state index contributed by atoms with van der Waals surface area (Å²) in [4.78, 5) is 12.0. The molecule has 25 heavy (non-hydrogen) atoms. The van der Waals surface area contributed by atoms with Crippen LogP contribution in [0.15, 0.2) is 48.5 Å². The molecule has 0 radical (unpaired) electrons. The first-order valence-corrected chi connectivity index (χ1v) is 8.50. The Morgan fingerprint density at radius 2 is 1.64 bits per heavy atom. The number of halogens is 1. The molecule has 1 N–H and O–H groups in total. The van der Waals surface area contributed by atoms with Gasteiger partial charge < -0.3 is 14.8 Å². The monoisotopic (exact) mass is 343 g/mol. The first kappa shape index (κ1) is 17.3. The zero-order valence-corrected chi connectivity index (χ0v) is 14.3. The van der Waals surface area contributed by atoms with Gasteiger partial charge in [-0.25, -0.2) is 4.39 Å². The molecule has 1 fully saturated rings. The van der Waals surface area contributed by atoms with Gasteiger partial charge in [0.2, 0.25) is 0 Å². The van der Waals surface area contributed by atoms with Gasteiger partial charge in [-0.15, -0.1) is 0 Å². The van der Waals surface area contributed by atoms with Crippen molar-refractivity contribution in [2.45, 2.75) is 25.2 Å². The molecule has 0 heterocycles. The molecule has 0 aromatic heterocycles. The average molecular weight is 343 g/mol. The normalized spacial score (nSPS) is 14.6. The van der Waals surface area contributed by atoms with E-state index in [1.165, 1.54) is 12.1 Å². The SMILES string of the molecule is CCOc1ccc(OCC(=O)NCC2(c3ccc(F)cc3)CC2)cc1. The molecule has 0 spiro atoms. The second kappa shape index (κ2) is 7.55. The van der Waals surface area contributed by atoms with E-state index in [4.69, 9.17) is 9.47 Å². The molecule has 1 saturated carbocycles. The topological polar surface area (TPSA) is 47.6 Å². The molecular weight excluding hydrogens is 321 g/mol. The van der Waals surface area contributed by atoms with Crippen LogP contribution in [0.5, 0.6) is 11.5 Å². The molecule has 2 aromatic carbocycles. The number of hydrogen-bond acceptors (Lipinski definition) is 3. The van der Waals surface area contributed by atoms with Gasteiger partial charge in [-0.05, 0) is 61.7 Å². The van der Waals surface area contributed by atoms with Crippen LogP contribution >= 0.6 is 0 Å². The van der Waals surface area contributed by atoms with E-state index in [-0.39, 0.29) is 23.7 Å². The fourth-order valence-electron chi connectivity index (χ4n) is 2.79. The molecule has 2 aromatic rings. The van der Waals surface area contributed by atoms with Crippen LogP contribution in [0, 0.1) is 5.82 Å². The predicted octanol–water partition coefficient (Wildman–Crippen LogP) is 3.45. The molecule has 0 bridgehead atoms. The molecule has 1 amide bonds. The minimum Gasteiger partial charge on any atom is -0.494 e. The van der Waals surface area contributed by atoms with E-state index in [1.54, 1.807) is 24.3 Å². The first-order chi connectivity index (χ1) is 12.1. The molecule has 3 rings (SSSR count). The fraction of sp³-hybridized carbons (Fsp3) is 0.350. The smallest absolute Gasteiger partial charge is 0.257 e. The second-order valence-corrected chi connectivity index (χ2v) is 6.26. The van der Waals surface area contributed by atoms with E-state index < -0.39 is 0 Å². The van der Waals surface area contributed by atoms with Crippen molar-refractivity contribution >= 4 is 5.91 Å². The Balaban J connectivity index is 1.46. The van der Waals surface area contributed by atoms with Gasteiger partial charge in [-0.3, -0.25) is 4.79 Å². The number of ether oxygens (including phenoxy) is 2. The quantitative estimate of drug-likeness (QED) is 0.799. The molecule has 0 saturated heterocycles. The number of rotatable bonds is 8. The number of amides is 1. The van der Waals surface area contributed by atoms with Crippen molar-refractivity contribution in [2.24, 2.45) is 0 Å². The summed E-state index contributed by atoms with van der Waals surface area (Å²) < 4.78 is 23.9. The van der Waals surface area contributed by atoms with Crippen molar-refractivity contribution in [3.63, 3.8) is 0 Å². The van der Waals surface area contributed by atoms with Crippen molar-refractivity contribution < 1.29 is 18.7 Å². The van der Waals surface area contributed by atoms with Crippen molar-refractivity contribution in [3.8, 4) is 11.5 Å². The molecule has 5 heteroatoms. The summed E-state index contributed by atoms with van der Waals surface area (Å²) in [7, 11) is 0. The zero-order valence-electron chi connectivity index (χ0n) is 14.3.